The molecule has 1 unspecified atom stereocenters. The quantitative estimate of drug-likeness (QED) is 0.877. The zero-order chi connectivity index (χ0) is 19.6. The number of hydrogen-bond acceptors (Lipinski definition) is 5. The van der Waals surface area contributed by atoms with Crippen molar-refractivity contribution in [3.63, 3.8) is 0 Å². The number of alkyl halides is 3. The lowest BCUT2D eigenvalue weighted by Gasteiger charge is -2.32. The molecule has 146 valence electrons. The summed E-state index contributed by atoms with van der Waals surface area (Å²) in [6, 6.07) is 1.93. The lowest BCUT2D eigenvalue weighted by molar-refractivity contribution is -0.140. The number of amides is 1. The van der Waals surface area contributed by atoms with Crippen LogP contribution in [0.4, 0.5) is 19.0 Å². The molecule has 2 aromatic rings. The summed E-state index contributed by atoms with van der Waals surface area (Å²) in [5.41, 5.74) is 1.78. The van der Waals surface area contributed by atoms with Crippen LogP contribution in [0.3, 0.4) is 0 Å². The van der Waals surface area contributed by atoms with Crippen LogP contribution in [0.15, 0.2) is 18.5 Å². The Labute approximate surface area is 154 Å². The van der Waals surface area contributed by atoms with Gasteiger partial charge in [-0.1, -0.05) is 0 Å². The number of aromatic nitrogens is 4. The van der Waals surface area contributed by atoms with E-state index in [1.165, 1.54) is 0 Å². The van der Waals surface area contributed by atoms with E-state index < -0.39 is 24.5 Å². The second-order valence-electron chi connectivity index (χ2n) is 6.69. The zero-order valence-electron chi connectivity index (χ0n) is 15.1. The van der Waals surface area contributed by atoms with Crippen molar-refractivity contribution in [2.45, 2.75) is 32.9 Å². The molecular formula is C17H21F3N6O. The summed E-state index contributed by atoms with van der Waals surface area (Å²) in [5, 5.41) is 6.35. The molecule has 3 heterocycles. The molecule has 3 rings (SSSR count). The number of piperidine rings is 1. The van der Waals surface area contributed by atoms with E-state index in [0.29, 0.717) is 37.6 Å². The van der Waals surface area contributed by atoms with E-state index >= 15 is 0 Å². The third-order valence-electron chi connectivity index (χ3n) is 4.41. The number of aryl methyl sites for hydroxylation is 2. The Balaban J connectivity index is 1.72. The Hall–Kier alpha value is -2.65. The van der Waals surface area contributed by atoms with Crippen molar-refractivity contribution >= 4 is 11.7 Å². The molecule has 0 saturated carbocycles. The number of rotatable bonds is 4. The van der Waals surface area contributed by atoms with Crippen molar-refractivity contribution in [1.29, 1.82) is 0 Å². The van der Waals surface area contributed by atoms with Gasteiger partial charge in [0.25, 0.3) is 0 Å². The number of anilines is 1. The Bertz CT molecular complexity index is 819. The van der Waals surface area contributed by atoms with E-state index in [1.54, 1.807) is 17.1 Å². The summed E-state index contributed by atoms with van der Waals surface area (Å²) in [6.07, 6.45) is 0.00978. The lowest BCUT2D eigenvalue weighted by atomic mass is 9.97. The molecule has 0 aromatic carbocycles. The predicted molar refractivity (Wildman–Crippen MR) is 92.6 cm³/mol. The molecule has 0 spiro atoms. The van der Waals surface area contributed by atoms with E-state index in [-0.39, 0.29) is 0 Å². The first-order valence-corrected chi connectivity index (χ1v) is 8.68. The number of halogens is 3. The molecule has 10 heteroatoms. The van der Waals surface area contributed by atoms with Crippen LogP contribution in [-0.2, 0) is 4.79 Å². The number of carbonyl (C=O) groups excluding carboxylic acids is 1. The molecule has 0 aliphatic carbocycles. The van der Waals surface area contributed by atoms with Crippen LogP contribution in [0, 0.1) is 19.8 Å². The summed E-state index contributed by atoms with van der Waals surface area (Å²) in [6.45, 7) is 3.46. The fourth-order valence-corrected chi connectivity index (χ4v) is 3.19. The Morgan fingerprint density at radius 3 is 2.70 bits per heavy atom. The van der Waals surface area contributed by atoms with Gasteiger partial charge in [-0.3, -0.25) is 9.78 Å². The van der Waals surface area contributed by atoms with Crippen LogP contribution in [0.25, 0.3) is 5.82 Å². The normalized spacial score (nSPS) is 17.8. The van der Waals surface area contributed by atoms with Gasteiger partial charge in [-0.05, 0) is 32.8 Å². The van der Waals surface area contributed by atoms with Gasteiger partial charge in [-0.2, -0.15) is 18.3 Å². The highest BCUT2D eigenvalue weighted by Gasteiger charge is 2.31. The minimum Gasteiger partial charge on any atom is -0.354 e. The van der Waals surface area contributed by atoms with E-state index in [4.69, 9.17) is 0 Å². The first-order chi connectivity index (χ1) is 12.7. The second kappa shape index (κ2) is 7.53. The van der Waals surface area contributed by atoms with Gasteiger partial charge >= 0.3 is 6.18 Å². The molecule has 0 radical (unpaired) electrons. The molecule has 1 N–H and O–H groups in total. The molecule has 2 aromatic heterocycles. The van der Waals surface area contributed by atoms with Gasteiger partial charge in [0.1, 0.15) is 12.4 Å². The van der Waals surface area contributed by atoms with Gasteiger partial charge in [-0.15, -0.1) is 0 Å². The van der Waals surface area contributed by atoms with Gasteiger partial charge in [0.15, 0.2) is 5.82 Å². The number of hydrogen-bond donors (Lipinski definition) is 1. The molecule has 0 bridgehead atoms. The molecule has 7 nitrogen and oxygen atoms in total. The van der Waals surface area contributed by atoms with Crippen LogP contribution >= 0.6 is 0 Å². The van der Waals surface area contributed by atoms with E-state index in [9.17, 15) is 18.0 Å². The smallest absolute Gasteiger partial charge is 0.354 e. The Kier molecular flexibility index (Phi) is 5.33. The maximum Gasteiger partial charge on any atom is 0.405 e. The van der Waals surface area contributed by atoms with Gasteiger partial charge in [0, 0.05) is 18.8 Å². The summed E-state index contributed by atoms with van der Waals surface area (Å²) >= 11 is 0. The topological polar surface area (TPSA) is 75.9 Å². The molecule has 1 amide bonds. The van der Waals surface area contributed by atoms with Crippen molar-refractivity contribution < 1.29 is 18.0 Å². The SMILES string of the molecule is Cc1cc(C)n(-c2cncc(N3CCCC(C(=O)NCC(F)(F)F)C3)n2)n1. The van der Waals surface area contributed by atoms with E-state index in [2.05, 4.69) is 15.1 Å². The van der Waals surface area contributed by atoms with Crippen LogP contribution in [-0.4, -0.2) is 51.5 Å². The van der Waals surface area contributed by atoms with Crippen LogP contribution in [0.2, 0.25) is 0 Å². The highest BCUT2D eigenvalue weighted by atomic mass is 19.4. The fraction of sp³-hybridized carbons (Fsp3) is 0.529. The first-order valence-electron chi connectivity index (χ1n) is 8.68. The maximum atomic E-state index is 12.3. The van der Waals surface area contributed by atoms with E-state index in [0.717, 1.165) is 11.4 Å². The molecule has 1 aliphatic heterocycles. The van der Waals surface area contributed by atoms with Crippen molar-refractivity contribution in [1.82, 2.24) is 25.1 Å². The number of nitrogens with one attached hydrogen (secondary N) is 1. The summed E-state index contributed by atoms with van der Waals surface area (Å²) in [5.74, 6) is 0.0371. The Morgan fingerprint density at radius 2 is 2.04 bits per heavy atom. The zero-order valence-corrected chi connectivity index (χ0v) is 15.1. The summed E-state index contributed by atoms with van der Waals surface area (Å²) < 4.78 is 38.6. The molecule has 1 atom stereocenters. The standard InChI is InChI=1S/C17H21F3N6O/c1-11-6-12(2)26(24-11)15-8-21-7-14(23-15)25-5-3-4-13(9-25)16(27)22-10-17(18,19)20/h6-8,13H,3-5,9-10H2,1-2H3,(H,22,27). The molecular weight excluding hydrogens is 361 g/mol. The third kappa shape index (κ3) is 4.75. The van der Waals surface area contributed by atoms with Crippen molar-refractivity contribution in [2.24, 2.45) is 5.92 Å². The first kappa shape index (κ1) is 19.1. The van der Waals surface area contributed by atoms with E-state index in [1.807, 2.05) is 30.1 Å². The second-order valence-corrected chi connectivity index (χ2v) is 6.69. The van der Waals surface area contributed by atoms with Gasteiger partial charge in [-0.25, -0.2) is 9.67 Å². The van der Waals surface area contributed by atoms with Crippen LogP contribution < -0.4 is 10.2 Å². The third-order valence-corrected chi connectivity index (χ3v) is 4.41. The largest absolute Gasteiger partial charge is 0.405 e. The summed E-state index contributed by atoms with van der Waals surface area (Å²) in [4.78, 5) is 22.7. The molecule has 1 aliphatic rings. The van der Waals surface area contributed by atoms with Gasteiger partial charge in [0.2, 0.25) is 5.91 Å². The average Bonchev–Trinajstić information content (AvgIpc) is 2.97. The molecule has 27 heavy (non-hydrogen) atoms. The van der Waals surface area contributed by atoms with Crippen molar-refractivity contribution in [3.8, 4) is 5.82 Å². The van der Waals surface area contributed by atoms with Crippen molar-refractivity contribution in [3.05, 3.63) is 29.8 Å². The maximum absolute atomic E-state index is 12.3. The monoisotopic (exact) mass is 382 g/mol. The molecule has 1 fully saturated rings. The predicted octanol–water partition coefficient (Wildman–Crippen LogP) is 2.17. The minimum absolute atomic E-state index is 0.305. The van der Waals surface area contributed by atoms with Crippen molar-refractivity contribution in [2.75, 3.05) is 24.5 Å². The van der Waals surface area contributed by atoms with Crippen LogP contribution in [0.1, 0.15) is 24.2 Å². The van der Waals surface area contributed by atoms with Gasteiger partial charge < -0.3 is 10.2 Å². The number of carbonyl (C=O) groups is 1. The highest BCUT2D eigenvalue weighted by molar-refractivity contribution is 5.79. The highest BCUT2D eigenvalue weighted by Crippen LogP contribution is 2.23. The average molecular weight is 382 g/mol. The molecule has 1 saturated heterocycles. The number of nitrogens with zero attached hydrogens (tertiary/aromatic N) is 5. The van der Waals surface area contributed by atoms with Crippen LogP contribution in [0.5, 0.6) is 0 Å². The Morgan fingerprint density at radius 1 is 1.30 bits per heavy atom. The summed E-state index contributed by atoms with van der Waals surface area (Å²) in [7, 11) is 0. The lowest BCUT2D eigenvalue weighted by Crippen LogP contribution is -2.45. The fourth-order valence-electron chi connectivity index (χ4n) is 3.19. The van der Waals surface area contributed by atoms with Gasteiger partial charge in [0.05, 0.1) is 24.0 Å². The minimum atomic E-state index is -4.41.